The molecule has 3 aromatic rings. The van der Waals surface area contributed by atoms with E-state index in [1.807, 2.05) is 43.3 Å². The maximum absolute atomic E-state index is 13.4. The maximum Gasteiger partial charge on any atom is 0.243 e. The summed E-state index contributed by atoms with van der Waals surface area (Å²) in [5, 5.41) is 3.09. The highest BCUT2D eigenvalue weighted by Crippen LogP contribution is 2.51. The molecule has 40 heavy (non-hydrogen) atoms. The van der Waals surface area contributed by atoms with Crippen molar-refractivity contribution in [1.82, 2.24) is 4.31 Å². The number of nitrogens with zero attached hydrogens (tertiary/aromatic N) is 1. The quantitative estimate of drug-likeness (QED) is 0.450. The van der Waals surface area contributed by atoms with Crippen molar-refractivity contribution in [3.05, 3.63) is 71.8 Å². The highest BCUT2D eigenvalue weighted by molar-refractivity contribution is 7.89. The third-order valence-electron chi connectivity index (χ3n) is 8.19. The highest BCUT2D eigenvalue weighted by atomic mass is 32.2. The lowest BCUT2D eigenvalue weighted by molar-refractivity contribution is -0.122. The topological polar surface area (TPSA) is 128 Å². The number of nitrogens with two attached hydrogens (primary N) is 1. The van der Waals surface area contributed by atoms with Gasteiger partial charge in [0.05, 0.1) is 16.2 Å². The van der Waals surface area contributed by atoms with E-state index in [-0.39, 0.29) is 24.1 Å². The molecule has 0 spiro atoms. The van der Waals surface area contributed by atoms with E-state index < -0.39 is 27.3 Å². The Labute approximate surface area is 233 Å². The molecule has 2 fully saturated rings. The SMILES string of the molecule is Cc1ccc(NC(=O)C2(c3ccc4c(c3)OCO4)CC2)cc1-c1ccc(S(=O)(=O)N2CCCC(C(N)=O)C2)cc1. The van der Waals surface area contributed by atoms with Crippen LogP contribution in [0.4, 0.5) is 5.69 Å². The fraction of sp³-hybridized carbons (Fsp3) is 0.333. The summed E-state index contributed by atoms with van der Waals surface area (Å²) in [7, 11) is -3.75. The van der Waals surface area contributed by atoms with E-state index in [1.54, 1.807) is 24.3 Å². The van der Waals surface area contributed by atoms with E-state index in [0.717, 1.165) is 35.1 Å². The Bertz CT molecular complexity index is 1600. The normalized spacial score (nSPS) is 19.7. The molecule has 9 nitrogen and oxygen atoms in total. The van der Waals surface area contributed by atoms with E-state index >= 15 is 0 Å². The Morgan fingerprint density at radius 2 is 1.75 bits per heavy atom. The number of rotatable bonds is 7. The number of amides is 2. The number of hydrogen-bond donors (Lipinski definition) is 2. The lowest BCUT2D eigenvalue weighted by Crippen LogP contribution is -2.44. The molecular weight excluding hydrogens is 530 g/mol. The lowest BCUT2D eigenvalue weighted by Gasteiger charge is -2.30. The summed E-state index contributed by atoms with van der Waals surface area (Å²) in [6.07, 6.45) is 2.71. The Kier molecular flexibility index (Phi) is 6.54. The molecule has 0 radical (unpaired) electrons. The monoisotopic (exact) mass is 561 g/mol. The molecule has 3 aliphatic rings. The van der Waals surface area contributed by atoms with Crippen LogP contribution in [0.3, 0.4) is 0 Å². The van der Waals surface area contributed by atoms with Gasteiger partial charge in [-0.1, -0.05) is 24.3 Å². The van der Waals surface area contributed by atoms with Crippen LogP contribution >= 0.6 is 0 Å². The lowest BCUT2D eigenvalue weighted by atomic mass is 9.94. The van der Waals surface area contributed by atoms with E-state index in [1.165, 1.54) is 4.31 Å². The largest absolute Gasteiger partial charge is 0.454 e. The van der Waals surface area contributed by atoms with Crippen LogP contribution in [0.2, 0.25) is 0 Å². The molecule has 208 valence electrons. The summed E-state index contributed by atoms with van der Waals surface area (Å²) >= 11 is 0. The number of ether oxygens (including phenoxy) is 2. The molecule has 0 aromatic heterocycles. The Hall–Kier alpha value is -3.89. The van der Waals surface area contributed by atoms with E-state index in [2.05, 4.69) is 5.32 Å². The fourth-order valence-electron chi connectivity index (χ4n) is 5.58. The number of aryl methyl sites for hydroxylation is 1. The molecule has 2 heterocycles. The average molecular weight is 562 g/mol. The van der Waals surface area contributed by atoms with Crippen molar-refractivity contribution in [3.8, 4) is 22.6 Å². The van der Waals surface area contributed by atoms with Crippen molar-refractivity contribution in [2.45, 2.75) is 42.9 Å². The van der Waals surface area contributed by atoms with Gasteiger partial charge in [-0.3, -0.25) is 9.59 Å². The zero-order valence-electron chi connectivity index (χ0n) is 22.2. The van der Waals surface area contributed by atoms with E-state index in [9.17, 15) is 18.0 Å². The van der Waals surface area contributed by atoms with Gasteiger partial charge < -0.3 is 20.5 Å². The summed E-state index contributed by atoms with van der Waals surface area (Å²) in [5.41, 5.74) is 9.13. The summed E-state index contributed by atoms with van der Waals surface area (Å²) in [6.45, 7) is 2.62. The average Bonchev–Trinajstić information content (AvgIpc) is 3.64. The molecule has 1 atom stereocenters. The zero-order valence-corrected chi connectivity index (χ0v) is 23.0. The van der Waals surface area contributed by atoms with Gasteiger partial charge in [0, 0.05) is 18.8 Å². The molecule has 3 N–H and O–H groups in total. The summed E-state index contributed by atoms with van der Waals surface area (Å²) in [6, 6.07) is 18.1. The smallest absolute Gasteiger partial charge is 0.243 e. The van der Waals surface area contributed by atoms with Crippen LogP contribution in [0.5, 0.6) is 11.5 Å². The van der Waals surface area contributed by atoms with Crippen molar-refractivity contribution in [2.24, 2.45) is 11.7 Å². The van der Waals surface area contributed by atoms with Crippen LogP contribution in [0.1, 0.15) is 36.8 Å². The first kappa shape index (κ1) is 26.3. The maximum atomic E-state index is 13.4. The van der Waals surface area contributed by atoms with Crippen LogP contribution < -0.4 is 20.5 Å². The van der Waals surface area contributed by atoms with Gasteiger partial charge in [0.25, 0.3) is 0 Å². The number of sulfonamides is 1. The van der Waals surface area contributed by atoms with E-state index in [0.29, 0.717) is 36.6 Å². The number of carbonyl (C=O) groups is 2. The number of anilines is 1. The number of piperidine rings is 1. The van der Waals surface area contributed by atoms with Crippen LogP contribution in [0.25, 0.3) is 11.1 Å². The minimum atomic E-state index is -3.75. The second kappa shape index (κ2) is 9.94. The summed E-state index contributed by atoms with van der Waals surface area (Å²) in [4.78, 5) is 25.2. The predicted octanol–water partition coefficient (Wildman–Crippen LogP) is 3.95. The molecule has 1 aliphatic carbocycles. The Balaban J connectivity index is 1.20. The summed E-state index contributed by atoms with van der Waals surface area (Å²) in [5.74, 6) is 0.336. The number of fused-ring (bicyclic) bond motifs is 1. The van der Waals surface area contributed by atoms with Crippen molar-refractivity contribution in [3.63, 3.8) is 0 Å². The fourth-order valence-corrected chi connectivity index (χ4v) is 7.10. The Morgan fingerprint density at radius 3 is 2.48 bits per heavy atom. The number of nitrogens with one attached hydrogen (secondary N) is 1. The molecule has 10 heteroatoms. The van der Waals surface area contributed by atoms with Gasteiger partial charge in [0.1, 0.15) is 0 Å². The van der Waals surface area contributed by atoms with Gasteiger partial charge in [-0.05, 0) is 91.3 Å². The molecular formula is C30H31N3O6S. The van der Waals surface area contributed by atoms with Crippen LogP contribution in [-0.2, 0) is 25.0 Å². The molecule has 6 rings (SSSR count). The van der Waals surface area contributed by atoms with Crippen LogP contribution in [0.15, 0.2) is 65.6 Å². The van der Waals surface area contributed by atoms with Crippen LogP contribution in [0, 0.1) is 12.8 Å². The van der Waals surface area contributed by atoms with Gasteiger partial charge in [-0.2, -0.15) is 4.31 Å². The van der Waals surface area contributed by atoms with Gasteiger partial charge in [-0.25, -0.2) is 8.42 Å². The number of carbonyl (C=O) groups excluding carboxylic acids is 2. The Morgan fingerprint density at radius 1 is 1.00 bits per heavy atom. The molecule has 1 saturated heterocycles. The molecule has 3 aromatic carbocycles. The first-order valence-corrected chi connectivity index (χ1v) is 14.8. The number of primary amides is 1. The molecule has 0 bridgehead atoms. The third kappa shape index (κ3) is 4.71. The van der Waals surface area contributed by atoms with E-state index in [4.69, 9.17) is 15.2 Å². The minimum absolute atomic E-state index is 0.0709. The molecule has 1 saturated carbocycles. The third-order valence-corrected chi connectivity index (χ3v) is 10.1. The van der Waals surface area contributed by atoms with Crippen molar-refractivity contribution in [2.75, 3.05) is 25.2 Å². The van der Waals surface area contributed by atoms with Gasteiger partial charge in [0.15, 0.2) is 11.5 Å². The predicted molar refractivity (Wildman–Crippen MR) is 149 cm³/mol. The first-order chi connectivity index (χ1) is 19.2. The first-order valence-electron chi connectivity index (χ1n) is 13.4. The number of hydrogen-bond acceptors (Lipinski definition) is 6. The second-order valence-corrected chi connectivity index (χ2v) is 12.7. The van der Waals surface area contributed by atoms with Crippen molar-refractivity contribution >= 4 is 27.5 Å². The van der Waals surface area contributed by atoms with Crippen molar-refractivity contribution in [1.29, 1.82) is 0 Å². The van der Waals surface area contributed by atoms with Crippen molar-refractivity contribution < 1.29 is 27.5 Å². The molecule has 2 amide bonds. The van der Waals surface area contributed by atoms with Gasteiger partial charge >= 0.3 is 0 Å². The highest BCUT2D eigenvalue weighted by Gasteiger charge is 2.51. The number of benzene rings is 3. The molecule has 2 aliphatic heterocycles. The standard InChI is InChI=1S/C30H31N3O6S/c1-19-4-8-23(32-29(35)30(12-13-30)22-7-11-26-27(15-22)39-18-38-26)16-25(19)20-5-9-24(10-6-20)40(36,37)33-14-2-3-21(17-33)28(31)34/h4-11,15-16,21H,2-3,12-14,17-18H2,1H3,(H2,31,34)(H,32,35). The minimum Gasteiger partial charge on any atom is -0.454 e. The summed E-state index contributed by atoms with van der Waals surface area (Å²) < 4.78 is 38.7. The van der Waals surface area contributed by atoms with Gasteiger partial charge in [-0.15, -0.1) is 0 Å². The van der Waals surface area contributed by atoms with Gasteiger partial charge in [0.2, 0.25) is 28.6 Å². The molecule has 1 unspecified atom stereocenters. The second-order valence-electron chi connectivity index (χ2n) is 10.8. The zero-order chi connectivity index (χ0) is 28.1. The van der Waals surface area contributed by atoms with Crippen LogP contribution in [-0.4, -0.2) is 44.4 Å².